The molecule has 124 valence electrons. The molecular weight excluding hydrogens is 308 g/mol. The first-order valence-corrected chi connectivity index (χ1v) is 8.79. The first kappa shape index (κ1) is 17.6. The number of aliphatic hydroxyl groups excluding tert-OH is 1. The molecule has 2 rings (SSSR count). The zero-order valence-electron chi connectivity index (χ0n) is 13.9. The van der Waals surface area contributed by atoms with Gasteiger partial charge in [-0.1, -0.05) is 38.1 Å². The van der Waals surface area contributed by atoms with Crippen molar-refractivity contribution in [2.24, 2.45) is 5.92 Å². The number of rotatable bonds is 7. The van der Waals surface area contributed by atoms with Crippen LogP contribution < -0.4 is 5.32 Å². The molecule has 0 saturated carbocycles. The Morgan fingerprint density at radius 1 is 1.30 bits per heavy atom. The van der Waals surface area contributed by atoms with Gasteiger partial charge in [-0.2, -0.15) is 0 Å². The number of aromatic nitrogens is 1. The second-order valence-corrected chi connectivity index (χ2v) is 7.12. The van der Waals surface area contributed by atoms with Gasteiger partial charge in [-0.3, -0.25) is 4.79 Å². The Balaban J connectivity index is 1.96. The van der Waals surface area contributed by atoms with Crippen LogP contribution in [0.15, 0.2) is 29.6 Å². The number of hydrogen-bond acceptors (Lipinski definition) is 4. The van der Waals surface area contributed by atoms with E-state index >= 15 is 0 Å². The molecule has 0 aliphatic carbocycles. The van der Waals surface area contributed by atoms with Gasteiger partial charge in [0.2, 0.25) is 5.91 Å². The quantitative estimate of drug-likeness (QED) is 0.818. The molecular formula is C18H24N2O2S. The molecule has 0 radical (unpaired) electrons. The van der Waals surface area contributed by atoms with Gasteiger partial charge in [0.05, 0.1) is 17.1 Å². The van der Waals surface area contributed by atoms with E-state index in [9.17, 15) is 4.79 Å². The summed E-state index contributed by atoms with van der Waals surface area (Å²) in [6, 6.07) is 7.97. The fraction of sp³-hybridized carbons (Fsp3) is 0.444. The molecule has 1 amide bonds. The van der Waals surface area contributed by atoms with Crippen LogP contribution in [-0.4, -0.2) is 28.6 Å². The van der Waals surface area contributed by atoms with Crippen molar-refractivity contribution in [1.82, 2.24) is 10.3 Å². The van der Waals surface area contributed by atoms with Gasteiger partial charge in [-0.25, -0.2) is 4.98 Å². The van der Waals surface area contributed by atoms with Crippen LogP contribution in [0.1, 0.15) is 30.8 Å². The van der Waals surface area contributed by atoms with Crippen molar-refractivity contribution in [3.05, 3.63) is 40.2 Å². The maximum atomic E-state index is 12.2. The Labute approximate surface area is 141 Å². The van der Waals surface area contributed by atoms with Gasteiger partial charge in [-0.05, 0) is 24.8 Å². The lowest BCUT2D eigenvalue weighted by atomic mass is 10.0. The fourth-order valence-corrected chi connectivity index (χ4v) is 3.07. The number of thiazole rings is 1. The Hall–Kier alpha value is -1.72. The van der Waals surface area contributed by atoms with Crippen LogP contribution in [0, 0.1) is 12.8 Å². The number of aryl methyl sites for hydroxylation is 1. The minimum absolute atomic E-state index is 0.00518. The Morgan fingerprint density at radius 2 is 2.00 bits per heavy atom. The third-order valence-electron chi connectivity index (χ3n) is 3.82. The molecule has 1 aromatic carbocycles. The predicted octanol–water partition coefficient (Wildman–Crippen LogP) is 3.18. The molecule has 0 bridgehead atoms. The first-order valence-electron chi connectivity index (χ1n) is 7.91. The smallest absolute Gasteiger partial charge is 0.224 e. The van der Waals surface area contributed by atoms with Crippen molar-refractivity contribution < 1.29 is 9.90 Å². The van der Waals surface area contributed by atoms with Crippen molar-refractivity contribution in [2.45, 2.75) is 39.7 Å². The molecule has 2 aromatic rings. The number of amides is 1. The van der Waals surface area contributed by atoms with Crippen molar-refractivity contribution in [1.29, 1.82) is 0 Å². The zero-order valence-corrected chi connectivity index (χ0v) is 14.7. The summed E-state index contributed by atoms with van der Waals surface area (Å²) in [5, 5.41) is 15.2. The predicted molar refractivity (Wildman–Crippen MR) is 94.5 cm³/mol. The van der Waals surface area contributed by atoms with E-state index in [1.54, 1.807) is 11.3 Å². The van der Waals surface area contributed by atoms with E-state index in [4.69, 9.17) is 5.11 Å². The fourth-order valence-electron chi connectivity index (χ4n) is 2.44. The molecule has 0 aliphatic rings. The average molecular weight is 332 g/mol. The monoisotopic (exact) mass is 332 g/mol. The lowest BCUT2D eigenvalue weighted by molar-refractivity contribution is -0.121. The summed E-state index contributed by atoms with van der Waals surface area (Å²) in [5.41, 5.74) is 3.02. The SMILES string of the molecule is Cc1nc(-c2ccc(CC(=O)NC(CCO)C(C)C)cc2)cs1. The minimum Gasteiger partial charge on any atom is -0.396 e. The average Bonchev–Trinajstić information content (AvgIpc) is 2.94. The highest BCUT2D eigenvalue weighted by molar-refractivity contribution is 7.09. The van der Waals surface area contributed by atoms with E-state index in [-0.39, 0.29) is 18.6 Å². The maximum absolute atomic E-state index is 12.2. The summed E-state index contributed by atoms with van der Waals surface area (Å²) >= 11 is 1.63. The second-order valence-electron chi connectivity index (χ2n) is 6.06. The van der Waals surface area contributed by atoms with E-state index in [1.165, 1.54) is 0 Å². The Morgan fingerprint density at radius 3 is 2.52 bits per heavy atom. The van der Waals surface area contributed by atoms with Crippen LogP contribution in [0.2, 0.25) is 0 Å². The molecule has 5 heteroatoms. The molecule has 1 atom stereocenters. The van der Waals surface area contributed by atoms with E-state index in [2.05, 4.69) is 10.3 Å². The number of hydrogen-bond donors (Lipinski definition) is 2. The van der Waals surface area contributed by atoms with E-state index in [0.29, 0.717) is 18.8 Å². The number of nitrogens with zero attached hydrogens (tertiary/aromatic N) is 1. The van der Waals surface area contributed by atoms with Crippen LogP contribution in [0.5, 0.6) is 0 Å². The minimum atomic E-state index is -0.00518. The lowest BCUT2D eigenvalue weighted by Gasteiger charge is -2.21. The van der Waals surface area contributed by atoms with Gasteiger partial charge in [0.25, 0.3) is 0 Å². The molecule has 23 heavy (non-hydrogen) atoms. The van der Waals surface area contributed by atoms with Gasteiger partial charge < -0.3 is 10.4 Å². The van der Waals surface area contributed by atoms with Gasteiger partial charge in [0.15, 0.2) is 0 Å². The number of benzene rings is 1. The van der Waals surface area contributed by atoms with Crippen molar-refractivity contribution in [2.75, 3.05) is 6.61 Å². The van der Waals surface area contributed by atoms with Crippen LogP contribution in [0.3, 0.4) is 0 Å². The number of nitrogens with one attached hydrogen (secondary N) is 1. The van der Waals surface area contributed by atoms with Crippen LogP contribution in [0.25, 0.3) is 11.3 Å². The zero-order chi connectivity index (χ0) is 16.8. The summed E-state index contributed by atoms with van der Waals surface area (Å²) < 4.78 is 0. The number of aliphatic hydroxyl groups is 1. The van der Waals surface area contributed by atoms with Crippen molar-refractivity contribution >= 4 is 17.2 Å². The normalized spacial score (nSPS) is 12.4. The van der Waals surface area contributed by atoms with Gasteiger partial charge in [0.1, 0.15) is 0 Å². The highest BCUT2D eigenvalue weighted by Crippen LogP contribution is 2.22. The third-order valence-corrected chi connectivity index (χ3v) is 4.60. The molecule has 2 N–H and O–H groups in total. The third kappa shape index (κ3) is 5.15. The summed E-state index contributed by atoms with van der Waals surface area (Å²) in [6.45, 7) is 6.17. The second kappa shape index (κ2) is 8.22. The molecule has 0 saturated heterocycles. The molecule has 0 aliphatic heterocycles. The van der Waals surface area contributed by atoms with Crippen molar-refractivity contribution in [3.63, 3.8) is 0 Å². The van der Waals surface area contributed by atoms with Crippen LogP contribution in [-0.2, 0) is 11.2 Å². The topological polar surface area (TPSA) is 62.2 Å². The number of carbonyl (C=O) groups is 1. The molecule has 0 spiro atoms. The molecule has 4 nitrogen and oxygen atoms in total. The maximum Gasteiger partial charge on any atom is 0.224 e. The number of carbonyl (C=O) groups excluding carboxylic acids is 1. The van der Waals surface area contributed by atoms with Gasteiger partial charge >= 0.3 is 0 Å². The van der Waals surface area contributed by atoms with E-state index in [0.717, 1.165) is 21.8 Å². The lowest BCUT2D eigenvalue weighted by Crippen LogP contribution is -2.40. The largest absolute Gasteiger partial charge is 0.396 e. The molecule has 1 aromatic heterocycles. The Kier molecular flexibility index (Phi) is 6.30. The first-order chi connectivity index (χ1) is 11.0. The van der Waals surface area contributed by atoms with E-state index < -0.39 is 0 Å². The highest BCUT2D eigenvalue weighted by Gasteiger charge is 2.15. The summed E-state index contributed by atoms with van der Waals surface area (Å²) in [5.74, 6) is 0.302. The van der Waals surface area contributed by atoms with E-state index in [1.807, 2.05) is 50.4 Å². The van der Waals surface area contributed by atoms with Crippen LogP contribution >= 0.6 is 11.3 Å². The standard InChI is InChI=1S/C18H24N2O2S/c1-12(2)16(8-9-21)20-18(22)10-14-4-6-15(7-5-14)17-11-23-13(3)19-17/h4-7,11-12,16,21H,8-10H2,1-3H3,(H,20,22). The summed E-state index contributed by atoms with van der Waals surface area (Å²) in [4.78, 5) is 16.6. The van der Waals surface area contributed by atoms with Crippen LogP contribution in [0.4, 0.5) is 0 Å². The van der Waals surface area contributed by atoms with Crippen molar-refractivity contribution in [3.8, 4) is 11.3 Å². The summed E-state index contributed by atoms with van der Waals surface area (Å²) in [7, 11) is 0. The molecule has 0 fully saturated rings. The highest BCUT2D eigenvalue weighted by atomic mass is 32.1. The summed E-state index contributed by atoms with van der Waals surface area (Å²) in [6.07, 6.45) is 0.941. The van der Waals surface area contributed by atoms with Gasteiger partial charge in [-0.15, -0.1) is 11.3 Å². The molecule has 1 heterocycles. The Bertz CT molecular complexity index is 635. The van der Waals surface area contributed by atoms with Gasteiger partial charge in [0, 0.05) is 23.6 Å². The molecule has 1 unspecified atom stereocenters.